The molecule has 0 aliphatic rings. The predicted molar refractivity (Wildman–Crippen MR) is 222 cm³/mol. The van der Waals surface area contributed by atoms with E-state index in [9.17, 15) is 4.79 Å². The summed E-state index contributed by atoms with van der Waals surface area (Å²) in [5.74, 6) is 0. The van der Waals surface area contributed by atoms with Gasteiger partial charge in [-0.25, -0.2) is 4.79 Å². The van der Waals surface area contributed by atoms with E-state index < -0.39 is 0 Å². The minimum absolute atomic E-state index is 0.190. The number of carbonyl (C=O) groups excluding carboxylic acids is 1. The normalized spacial score (nSPS) is 11.8. The van der Waals surface area contributed by atoms with Crippen LogP contribution in [0.4, 0.5) is 4.79 Å². The van der Waals surface area contributed by atoms with Crippen molar-refractivity contribution < 1.29 is 19.0 Å². The van der Waals surface area contributed by atoms with Crippen LogP contribution in [0.3, 0.4) is 0 Å². The van der Waals surface area contributed by atoms with E-state index in [0.29, 0.717) is 26.4 Å². The first-order valence-electron chi connectivity index (χ1n) is 22.3. The van der Waals surface area contributed by atoms with E-state index in [0.717, 1.165) is 39.0 Å². The summed E-state index contributed by atoms with van der Waals surface area (Å²) < 4.78 is 17.3. The molecule has 0 heterocycles. The highest BCUT2D eigenvalue weighted by atomic mass is 16.6. The summed E-state index contributed by atoms with van der Waals surface area (Å²) in [6.45, 7) is 11.0. The number of alkyl carbamates (subject to hydrolysis) is 1. The van der Waals surface area contributed by atoms with Crippen molar-refractivity contribution in [2.45, 2.75) is 213 Å². The minimum atomic E-state index is -0.389. The first kappa shape index (κ1) is 49.6. The van der Waals surface area contributed by atoms with Crippen LogP contribution in [-0.2, 0) is 14.2 Å². The lowest BCUT2D eigenvalue weighted by Gasteiger charge is -2.19. The number of unbranched alkanes of at least 4 members (excludes halogenated alkanes) is 24. The molecular weight excluding hydrogens is 633 g/mol. The number of rotatable bonds is 42. The number of amides is 1. The fraction of sp³-hybridized carbons (Fsp3) is 0.889. The third kappa shape index (κ3) is 42.9. The highest BCUT2D eigenvalue weighted by Gasteiger charge is 2.14. The Bertz CT molecular complexity index is 683. The van der Waals surface area contributed by atoms with Crippen molar-refractivity contribution >= 4 is 6.09 Å². The number of hydrogen-bond donors (Lipinski definition) is 2. The molecule has 0 rings (SSSR count). The Hall–Kier alpha value is -1.37. The summed E-state index contributed by atoms with van der Waals surface area (Å²) in [5, 5.41) is 6.23. The van der Waals surface area contributed by atoms with E-state index in [1.807, 2.05) is 0 Å². The largest absolute Gasteiger partial charge is 0.448 e. The smallest absolute Gasteiger partial charge is 0.407 e. The van der Waals surface area contributed by atoms with E-state index in [1.54, 1.807) is 0 Å². The maximum atomic E-state index is 12.4. The van der Waals surface area contributed by atoms with Gasteiger partial charge < -0.3 is 24.8 Å². The molecule has 0 aromatic heterocycles. The molecule has 0 aliphatic heterocycles. The third-order valence-corrected chi connectivity index (χ3v) is 9.50. The van der Waals surface area contributed by atoms with E-state index in [-0.39, 0.29) is 12.1 Å². The molecule has 0 aliphatic carbocycles. The van der Waals surface area contributed by atoms with Crippen molar-refractivity contribution in [2.24, 2.45) is 0 Å². The van der Waals surface area contributed by atoms with Gasteiger partial charge in [-0.1, -0.05) is 161 Å². The van der Waals surface area contributed by atoms with Crippen molar-refractivity contribution in [2.75, 3.05) is 46.1 Å². The molecule has 302 valence electrons. The lowest BCUT2D eigenvalue weighted by molar-refractivity contribution is 0.0493. The van der Waals surface area contributed by atoms with Crippen LogP contribution in [0.1, 0.15) is 207 Å². The van der Waals surface area contributed by atoms with Gasteiger partial charge in [0.1, 0.15) is 6.61 Å². The maximum absolute atomic E-state index is 12.4. The quantitative estimate of drug-likeness (QED) is 0.0485. The van der Waals surface area contributed by atoms with Crippen molar-refractivity contribution in [3.05, 3.63) is 24.3 Å². The number of allylic oxidation sites excluding steroid dienone is 4. The molecule has 51 heavy (non-hydrogen) atoms. The van der Waals surface area contributed by atoms with Gasteiger partial charge in [-0.05, 0) is 77.2 Å². The van der Waals surface area contributed by atoms with Crippen LogP contribution in [0.25, 0.3) is 0 Å². The van der Waals surface area contributed by atoms with Gasteiger partial charge in [0.05, 0.1) is 19.3 Å². The zero-order valence-corrected chi connectivity index (χ0v) is 34.5. The highest BCUT2D eigenvalue weighted by molar-refractivity contribution is 5.67. The van der Waals surface area contributed by atoms with Gasteiger partial charge >= 0.3 is 6.09 Å². The molecule has 0 saturated carbocycles. The standard InChI is InChI=1S/C45H88N2O4/c1-4-7-9-11-13-15-17-19-21-23-25-27-29-31-33-35-39-49-42-44(47-45(48)51-41-38-46-37-6-3)43-50-40-36-34-32-30-28-26-24-22-20-18-16-14-12-10-8-5-2/h19-22,44,46H,4-18,23-43H2,1-3H3,(H,47,48)/b21-19-,22-20-. The average Bonchev–Trinajstić information content (AvgIpc) is 3.13. The van der Waals surface area contributed by atoms with Crippen molar-refractivity contribution in [1.29, 1.82) is 0 Å². The molecule has 6 heteroatoms. The monoisotopic (exact) mass is 721 g/mol. The Morgan fingerprint density at radius 3 is 1.22 bits per heavy atom. The molecule has 0 aromatic carbocycles. The van der Waals surface area contributed by atoms with E-state index in [4.69, 9.17) is 14.2 Å². The van der Waals surface area contributed by atoms with Crippen molar-refractivity contribution in [3.8, 4) is 0 Å². The number of hydrogen-bond acceptors (Lipinski definition) is 5. The fourth-order valence-electron chi connectivity index (χ4n) is 6.21. The minimum Gasteiger partial charge on any atom is -0.448 e. The molecular formula is C45H88N2O4. The molecule has 0 spiro atoms. The summed E-state index contributed by atoms with van der Waals surface area (Å²) >= 11 is 0. The summed E-state index contributed by atoms with van der Waals surface area (Å²) in [5.41, 5.74) is 0. The van der Waals surface area contributed by atoms with Gasteiger partial charge in [-0.15, -0.1) is 0 Å². The van der Waals surface area contributed by atoms with Crippen LogP contribution in [0.15, 0.2) is 24.3 Å². The molecule has 6 nitrogen and oxygen atoms in total. The lowest BCUT2D eigenvalue weighted by atomic mass is 10.1. The Balaban J connectivity index is 3.93. The Kier molecular flexibility index (Phi) is 43.6. The topological polar surface area (TPSA) is 68.8 Å². The van der Waals surface area contributed by atoms with Crippen LogP contribution >= 0.6 is 0 Å². The van der Waals surface area contributed by atoms with Crippen LogP contribution < -0.4 is 10.6 Å². The van der Waals surface area contributed by atoms with Gasteiger partial charge in [0.25, 0.3) is 0 Å². The lowest BCUT2D eigenvalue weighted by Crippen LogP contribution is -2.42. The van der Waals surface area contributed by atoms with Gasteiger partial charge in [0, 0.05) is 19.8 Å². The van der Waals surface area contributed by atoms with Crippen LogP contribution in [-0.4, -0.2) is 58.3 Å². The molecule has 0 fully saturated rings. The first-order chi connectivity index (χ1) is 25.2. The molecule has 0 atom stereocenters. The first-order valence-corrected chi connectivity index (χ1v) is 22.3. The number of ether oxygens (including phenoxy) is 3. The van der Waals surface area contributed by atoms with Crippen molar-refractivity contribution in [1.82, 2.24) is 10.6 Å². The Labute approximate surface area is 318 Å². The van der Waals surface area contributed by atoms with Gasteiger partial charge in [-0.2, -0.15) is 0 Å². The van der Waals surface area contributed by atoms with Crippen LogP contribution in [0.2, 0.25) is 0 Å². The predicted octanol–water partition coefficient (Wildman–Crippen LogP) is 13.2. The molecule has 0 aromatic rings. The molecule has 0 bridgehead atoms. The summed E-state index contributed by atoms with van der Waals surface area (Å²) in [4.78, 5) is 12.4. The summed E-state index contributed by atoms with van der Waals surface area (Å²) in [6.07, 6.45) is 46.7. The van der Waals surface area contributed by atoms with Gasteiger partial charge in [0.2, 0.25) is 0 Å². The number of carbonyl (C=O) groups is 1. The van der Waals surface area contributed by atoms with Crippen LogP contribution in [0, 0.1) is 0 Å². The van der Waals surface area contributed by atoms with Gasteiger partial charge in [-0.3, -0.25) is 0 Å². The zero-order valence-electron chi connectivity index (χ0n) is 34.5. The average molecular weight is 721 g/mol. The maximum Gasteiger partial charge on any atom is 0.407 e. The van der Waals surface area contributed by atoms with Crippen LogP contribution in [0.5, 0.6) is 0 Å². The third-order valence-electron chi connectivity index (χ3n) is 9.50. The molecule has 2 N–H and O–H groups in total. The Morgan fingerprint density at radius 1 is 0.451 bits per heavy atom. The second-order valence-electron chi connectivity index (χ2n) is 14.8. The van der Waals surface area contributed by atoms with Crippen molar-refractivity contribution in [3.63, 3.8) is 0 Å². The second-order valence-corrected chi connectivity index (χ2v) is 14.8. The molecule has 0 radical (unpaired) electrons. The van der Waals surface area contributed by atoms with E-state index in [1.165, 1.54) is 167 Å². The molecule has 1 amide bonds. The van der Waals surface area contributed by atoms with Gasteiger partial charge in [0.15, 0.2) is 0 Å². The molecule has 0 saturated heterocycles. The summed E-state index contributed by atoms with van der Waals surface area (Å²) in [7, 11) is 0. The fourth-order valence-corrected chi connectivity index (χ4v) is 6.21. The number of nitrogens with one attached hydrogen (secondary N) is 2. The van der Waals surface area contributed by atoms with E-state index in [2.05, 4.69) is 55.7 Å². The summed E-state index contributed by atoms with van der Waals surface area (Å²) in [6, 6.07) is -0.190. The zero-order chi connectivity index (χ0) is 37.0. The SMILES string of the molecule is CCCCCCCC/C=C\CCCCCCCCOCC(COCCCCCCCC/C=C\CCCCCCCC)NC(=O)OCCNCCC. The van der Waals surface area contributed by atoms with E-state index >= 15 is 0 Å². The molecule has 0 unspecified atom stereocenters. The Morgan fingerprint density at radius 2 is 0.824 bits per heavy atom. The highest BCUT2D eigenvalue weighted by Crippen LogP contribution is 2.12. The second kappa shape index (κ2) is 44.8.